The number of rotatable bonds is 3. The SMILES string of the molecule is [N-]=[N+]=NC[C@H]1CN(c2cnc3c(n2)NC(=O)CS3)CO1. The van der Waals surface area contributed by atoms with E-state index in [1.165, 1.54) is 11.8 Å². The predicted molar refractivity (Wildman–Crippen MR) is 72.5 cm³/mol. The Hall–Kier alpha value is -2.03. The molecule has 0 unspecified atom stereocenters. The number of nitrogens with one attached hydrogen (secondary N) is 1. The van der Waals surface area contributed by atoms with Gasteiger partial charge in [0.25, 0.3) is 0 Å². The Morgan fingerprint density at radius 1 is 1.70 bits per heavy atom. The fraction of sp³-hybridized carbons (Fsp3) is 0.500. The lowest BCUT2D eigenvalue weighted by atomic mass is 10.3. The summed E-state index contributed by atoms with van der Waals surface area (Å²) < 4.78 is 5.49. The third-order valence-electron chi connectivity index (χ3n) is 2.89. The minimum absolute atomic E-state index is 0.0761. The van der Waals surface area contributed by atoms with E-state index in [1.807, 2.05) is 4.90 Å². The number of azide groups is 1. The molecule has 0 aromatic carbocycles. The Balaban J connectivity index is 1.73. The van der Waals surface area contributed by atoms with Crippen LogP contribution in [-0.2, 0) is 9.53 Å². The molecule has 0 spiro atoms. The van der Waals surface area contributed by atoms with Crippen molar-refractivity contribution < 1.29 is 9.53 Å². The molecular formula is C10H11N7O2S. The standard InChI is InChI=1S/C10H11N7O2S/c11-16-13-1-6-3-17(5-19-6)7-2-12-10-9(14-7)15-8(18)4-20-10/h2,6H,1,3-5H2,(H,14,15,18)/t6-/m0/s1. The fourth-order valence-corrected chi connectivity index (χ4v) is 2.66. The van der Waals surface area contributed by atoms with Crippen molar-refractivity contribution in [2.24, 2.45) is 5.11 Å². The van der Waals surface area contributed by atoms with Crippen LogP contribution in [0.15, 0.2) is 16.3 Å². The van der Waals surface area contributed by atoms with Crippen molar-refractivity contribution in [1.29, 1.82) is 0 Å². The van der Waals surface area contributed by atoms with Gasteiger partial charge in [-0.25, -0.2) is 9.97 Å². The summed E-state index contributed by atoms with van der Waals surface area (Å²) in [4.78, 5) is 24.6. The molecule has 1 aromatic heterocycles. The van der Waals surface area contributed by atoms with Crippen LogP contribution in [-0.4, -0.2) is 47.6 Å². The Bertz CT molecular complexity index is 589. The highest BCUT2D eigenvalue weighted by Gasteiger charge is 2.26. The van der Waals surface area contributed by atoms with Crippen molar-refractivity contribution in [2.45, 2.75) is 11.1 Å². The number of amides is 1. The third-order valence-corrected chi connectivity index (χ3v) is 3.87. The van der Waals surface area contributed by atoms with Crippen molar-refractivity contribution in [2.75, 3.05) is 35.8 Å². The molecule has 3 rings (SSSR count). The van der Waals surface area contributed by atoms with Crippen molar-refractivity contribution >= 4 is 29.3 Å². The number of carbonyl (C=O) groups is 1. The first-order chi connectivity index (χ1) is 9.76. The van der Waals surface area contributed by atoms with Crippen LogP contribution in [0.2, 0.25) is 0 Å². The van der Waals surface area contributed by atoms with Crippen molar-refractivity contribution in [1.82, 2.24) is 9.97 Å². The molecule has 0 bridgehead atoms. The first-order valence-electron chi connectivity index (χ1n) is 5.93. The molecule has 2 aliphatic heterocycles. The Morgan fingerprint density at radius 3 is 3.45 bits per heavy atom. The van der Waals surface area contributed by atoms with E-state index < -0.39 is 0 Å². The van der Waals surface area contributed by atoms with Gasteiger partial charge < -0.3 is 15.0 Å². The predicted octanol–water partition coefficient (Wildman–Crippen LogP) is 0.994. The topological polar surface area (TPSA) is 116 Å². The maximum absolute atomic E-state index is 11.3. The zero-order chi connectivity index (χ0) is 13.9. The summed E-state index contributed by atoms with van der Waals surface area (Å²) in [6, 6.07) is 0. The van der Waals surface area contributed by atoms with Gasteiger partial charge in [-0.2, -0.15) is 0 Å². The number of hydrogen-bond donors (Lipinski definition) is 1. The van der Waals surface area contributed by atoms with Gasteiger partial charge in [-0.05, 0) is 5.53 Å². The van der Waals surface area contributed by atoms with Crippen LogP contribution in [0.25, 0.3) is 10.4 Å². The second kappa shape index (κ2) is 5.53. The Labute approximate surface area is 118 Å². The molecule has 1 amide bonds. The molecule has 0 aliphatic carbocycles. The molecule has 3 heterocycles. The van der Waals surface area contributed by atoms with Crippen LogP contribution in [0.3, 0.4) is 0 Å². The molecule has 1 fully saturated rings. The number of fused-ring (bicyclic) bond motifs is 1. The zero-order valence-electron chi connectivity index (χ0n) is 10.4. The smallest absolute Gasteiger partial charge is 0.236 e. The number of ether oxygens (including phenoxy) is 1. The number of carbonyl (C=O) groups excluding carboxylic acids is 1. The second-order valence-electron chi connectivity index (χ2n) is 4.27. The van der Waals surface area contributed by atoms with Gasteiger partial charge in [0.05, 0.1) is 24.6 Å². The summed E-state index contributed by atoms with van der Waals surface area (Å²) in [6.07, 6.45) is 1.51. The van der Waals surface area contributed by atoms with E-state index in [9.17, 15) is 4.79 Å². The molecule has 20 heavy (non-hydrogen) atoms. The Kier molecular flexibility index (Phi) is 3.59. The molecule has 10 heteroatoms. The highest BCUT2D eigenvalue weighted by molar-refractivity contribution is 8.00. The van der Waals surface area contributed by atoms with Crippen LogP contribution < -0.4 is 10.2 Å². The summed E-state index contributed by atoms with van der Waals surface area (Å²) in [7, 11) is 0. The summed E-state index contributed by atoms with van der Waals surface area (Å²) in [5.74, 6) is 1.41. The first kappa shape index (κ1) is 13.0. The van der Waals surface area contributed by atoms with Crippen LogP contribution in [0.1, 0.15) is 0 Å². The average Bonchev–Trinajstić information content (AvgIpc) is 2.93. The normalized spacial score (nSPS) is 21.1. The maximum atomic E-state index is 11.3. The van der Waals surface area contributed by atoms with E-state index in [1.54, 1.807) is 6.20 Å². The fourth-order valence-electron chi connectivity index (χ4n) is 1.95. The van der Waals surface area contributed by atoms with Crippen molar-refractivity contribution in [3.05, 3.63) is 16.6 Å². The van der Waals surface area contributed by atoms with Gasteiger partial charge in [-0.15, -0.1) is 0 Å². The summed E-state index contributed by atoms with van der Waals surface area (Å²) in [6.45, 7) is 1.23. The molecule has 9 nitrogen and oxygen atoms in total. The van der Waals surface area contributed by atoms with Crippen LogP contribution in [0, 0.1) is 0 Å². The molecule has 1 atom stereocenters. The number of nitrogens with zero attached hydrogens (tertiary/aromatic N) is 6. The molecule has 0 radical (unpaired) electrons. The zero-order valence-corrected chi connectivity index (χ0v) is 11.2. The van der Waals surface area contributed by atoms with Gasteiger partial charge in [-0.3, -0.25) is 4.79 Å². The average molecular weight is 293 g/mol. The van der Waals surface area contributed by atoms with Gasteiger partial charge in [0.2, 0.25) is 5.91 Å². The number of aromatic nitrogens is 2. The van der Waals surface area contributed by atoms with E-state index in [4.69, 9.17) is 10.3 Å². The molecule has 2 aliphatic rings. The van der Waals surface area contributed by atoms with E-state index >= 15 is 0 Å². The lowest BCUT2D eigenvalue weighted by molar-refractivity contribution is -0.113. The van der Waals surface area contributed by atoms with Crippen LogP contribution in [0.4, 0.5) is 11.6 Å². The molecule has 104 valence electrons. The highest BCUT2D eigenvalue weighted by atomic mass is 32.2. The van der Waals surface area contributed by atoms with Gasteiger partial charge >= 0.3 is 0 Å². The highest BCUT2D eigenvalue weighted by Crippen LogP contribution is 2.29. The van der Waals surface area contributed by atoms with E-state index in [-0.39, 0.29) is 18.6 Å². The monoisotopic (exact) mass is 293 g/mol. The lowest BCUT2D eigenvalue weighted by Gasteiger charge is -2.19. The van der Waals surface area contributed by atoms with Crippen LogP contribution >= 0.6 is 11.8 Å². The van der Waals surface area contributed by atoms with Crippen LogP contribution in [0.5, 0.6) is 0 Å². The molecule has 0 saturated carbocycles. The number of thioether (sulfide) groups is 1. The van der Waals surface area contributed by atoms with Crippen molar-refractivity contribution in [3.63, 3.8) is 0 Å². The summed E-state index contributed by atoms with van der Waals surface area (Å²) in [5, 5.41) is 6.92. The first-order valence-corrected chi connectivity index (χ1v) is 6.92. The minimum atomic E-state index is -0.146. The third kappa shape index (κ3) is 2.62. The van der Waals surface area contributed by atoms with Gasteiger partial charge in [0.1, 0.15) is 11.8 Å². The van der Waals surface area contributed by atoms with E-state index in [0.717, 1.165) is 5.03 Å². The van der Waals surface area contributed by atoms with Gasteiger partial charge in [0.15, 0.2) is 11.6 Å². The number of hydrogen-bond acceptors (Lipinski definition) is 7. The largest absolute Gasteiger partial charge is 0.356 e. The van der Waals surface area contributed by atoms with Gasteiger partial charge in [0, 0.05) is 11.5 Å². The lowest BCUT2D eigenvalue weighted by Crippen LogP contribution is -2.26. The van der Waals surface area contributed by atoms with Gasteiger partial charge in [-0.1, -0.05) is 16.9 Å². The summed E-state index contributed by atoms with van der Waals surface area (Å²) >= 11 is 1.37. The Morgan fingerprint density at radius 2 is 2.60 bits per heavy atom. The van der Waals surface area contributed by atoms with E-state index in [0.29, 0.717) is 30.7 Å². The second-order valence-corrected chi connectivity index (χ2v) is 5.24. The number of anilines is 2. The molecule has 1 aromatic rings. The summed E-state index contributed by atoms with van der Waals surface area (Å²) in [5.41, 5.74) is 8.29. The van der Waals surface area contributed by atoms with Crippen molar-refractivity contribution in [3.8, 4) is 0 Å². The van der Waals surface area contributed by atoms with E-state index in [2.05, 4.69) is 25.3 Å². The molecular weight excluding hydrogens is 282 g/mol. The quantitative estimate of drug-likeness (QED) is 0.504. The molecule has 1 N–H and O–H groups in total. The molecule has 1 saturated heterocycles. The maximum Gasteiger partial charge on any atom is 0.236 e. The minimum Gasteiger partial charge on any atom is -0.356 e.